The number of carbonyl (C=O) groups is 1. The first-order valence-electron chi connectivity index (χ1n) is 2.65. The first kappa shape index (κ1) is 6.82. The Morgan fingerprint density at radius 1 is 1.30 bits per heavy atom. The van der Waals surface area contributed by atoms with Crippen LogP contribution in [-0.4, -0.2) is 27.2 Å². The molecule has 0 heterocycles. The Balaban J connectivity index is 2.94. The molecule has 4 heteroatoms. The average Bonchev–Trinajstić information content (AvgIpc) is 1.84. The maximum Gasteiger partial charge on any atom is 0.191 e. The van der Waals surface area contributed by atoms with Crippen molar-refractivity contribution in [3.63, 3.8) is 0 Å². The third kappa shape index (κ3) is 1.01. The van der Waals surface area contributed by atoms with Crippen molar-refractivity contribution in [3.8, 4) is 0 Å². The first-order valence-corrected chi connectivity index (χ1v) is 2.65. The van der Waals surface area contributed by atoms with E-state index in [1.807, 2.05) is 0 Å². The number of hydrogen-bond donors (Lipinski definition) is 3. The van der Waals surface area contributed by atoms with E-state index in [9.17, 15) is 4.79 Å². The Bertz CT molecular complexity index is 226. The van der Waals surface area contributed by atoms with Crippen molar-refractivity contribution < 1.29 is 20.1 Å². The highest BCUT2D eigenvalue weighted by Gasteiger charge is 2.18. The van der Waals surface area contributed by atoms with Gasteiger partial charge in [-0.25, -0.2) is 0 Å². The molecule has 0 radical (unpaired) electrons. The SMILES string of the molecule is O=C1C=C(O)C(O)=C[C@@H]1O. The van der Waals surface area contributed by atoms with Gasteiger partial charge in [0.25, 0.3) is 0 Å². The van der Waals surface area contributed by atoms with Gasteiger partial charge in [-0.3, -0.25) is 4.79 Å². The summed E-state index contributed by atoms with van der Waals surface area (Å²) >= 11 is 0. The van der Waals surface area contributed by atoms with Crippen molar-refractivity contribution in [3.05, 3.63) is 23.7 Å². The summed E-state index contributed by atoms with van der Waals surface area (Å²) < 4.78 is 0. The summed E-state index contributed by atoms with van der Waals surface area (Å²) in [7, 11) is 0. The molecule has 1 atom stereocenters. The van der Waals surface area contributed by atoms with Gasteiger partial charge in [0.15, 0.2) is 17.3 Å². The largest absolute Gasteiger partial charge is 0.504 e. The number of carbonyl (C=O) groups excluding carboxylic acids is 1. The van der Waals surface area contributed by atoms with Crippen LogP contribution in [-0.2, 0) is 4.79 Å². The van der Waals surface area contributed by atoms with Gasteiger partial charge in [0, 0.05) is 6.08 Å². The van der Waals surface area contributed by atoms with Crippen LogP contribution in [0, 0.1) is 0 Å². The van der Waals surface area contributed by atoms with Gasteiger partial charge in [-0.1, -0.05) is 0 Å². The van der Waals surface area contributed by atoms with E-state index in [0.717, 1.165) is 12.2 Å². The van der Waals surface area contributed by atoms with Crippen molar-refractivity contribution in [2.75, 3.05) is 0 Å². The highest BCUT2D eigenvalue weighted by atomic mass is 16.3. The number of hydrogen-bond acceptors (Lipinski definition) is 4. The molecule has 0 aromatic heterocycles. The molecule has 0 amide bonds. The lowest BCUT2D eigenvalue weighted by molar-refractivity contribution is -0.120. The highest BCUT2D eigenvalue weighted by molar-refractivity contribution is 5.96. The molecule has 3 N–H and O–H groups in total. The van der Waals surface area contributed by atoms with Gasteiger partial charge in [-0.05, 0) is 6.08 Å². The highest BCUT2D eigenvalue weighted by Crippen LogP contribution is 2.10. The Labute approximate surface area is 56.7 Å². The predicted molar refractivity (Wildman–Crippen MR) is 32.4 cm³/mol. The quantitative estimate of drug-likeness (QED) is 0.438. The topological polar surface area (TPSA) is 77.8 Å². The monoisotopic (exact) mass is 142 g/mol. The molecule has 0 saturated carbocycles. The van der Waals surface area contributed by atoms with Crippen LogP contribution in [0.5, 0.6) is 0 Å². The summed E-state index contributed by atoms with van der Waals surface area (Å²) in [4.78, 5) is 10.5. The molecule has 1 rings (SSSR count). The Hall–Kier alpha value is -1.29. The van der Waals surface area contributed by atoms with Crippen LogP contribution in [0.1, 0.15) is 0 Å². The van der Waals surface area contributed by atoms with E-state index in [4.69, 9.17) is 15.3 Å². The Kier molecular flexibility index (Phi) is 1.47. The van der Waals surface area contributed by atoms with Crippen LogP contribution in [0.3, 0.4) is 0 Å². The van der Waals surface area contributed by atoms with Gasteiger partial charge < -0.3 is 15.3 Å². The minimum atomic E-state index is -1.32. The average molecular weight is 142 g/mol. The molecule has 0 unspecified atom stereocenters. The molecular weight excluding hydrogens is 136 g/mol. The minimum Gasteiger partial charge on any atom is -0.504 e. The zero-order valence-electron chi connectivity index (χ0n) is 4.98. The summed E-state index contributed by atoms with van der Waals surface area (Å²) in [5, 5.41) is 26.1. The number of aliphatic hydroxyl groups is 3. The summed E-state index contributed by atoms with van der Waals surface area (Å²) in [6, 6.07) is 0. The van der Waals surface area contributed by atoms with E-state index in [0.29, 0.717) is 0 Å². The summed E-state index contributed by atoms with van der Waals surface area (Å²) in [6.45, 7) is 0. The fourth-order valence-electron chi connectivity index (χ4n) is 0.611. The molecule has 1 aliphatic rings. The van der Waals surface area contributed by atoms with Crippen molar-refractivity contribution >= 4 is 5.78 Å². The van der Waals surface area contributed by atoms with E-state index in [1.54, 1.807) is 0 Å². The normalized spacial score (nSPS) is 25.7. The third-order valence-corrected chi connectivity index (χ3v) is 1.15. The van der Waals surface area contributed by atoms with Gasteiger partial charge in [-0.2, -0.15) is 0 Å². The predicted octanol–water partition coefficient (Wildman–Crippen LogP) is -0.186. The molecule has 0 saturated heterocycles. The molecule has 4 nitrogen and oxygen atoms in total. The van der Waals surface area contributed by atoms with Crippen molar-refractivity contribution in [1.29, 1.82) is 0 Å². The van der Waals surface area contributed by atoms with Crippen molar-refractivity contribution in [2.24, 2.45) is 0 Å². The summed E-state index contributed by atoms with van der Waals surface area (Å²) in [5.41, 5.74) is 0. The molecule has 0 aromatic carbocycles. The van der Waals surface area contributed by atoms with E-state index >= 15 is 0 Å². The molecule has 0 aliphatic heterocycles. The maximum atomic E-state index is 10.5. The second kappa shape index (κ2) is 2.15. The molecule has 10 heavy (non-hydrogen) atoms. The van der Waals surface area contributed by atoms with E-state index < -0.39 is 23.4 Å². The Morgan fingerprint density at radius 3 is 2.40 bits per heavy atom. The zero-order chi connectivity index (χ0) is 7.72. The third-order valence-electron chi connectivity index (χ3n) is 1.15. The molecule has 1 aliphatic carbocycles. The summed E-state index contributed by atoms with van der Waals surface area (Å²) in [5.74, 6) is -1.60. The zero-order valence-corrected chi connectivity index (χ0v) is 4.98. The number of rotatable bonds is 0. The molecule has 0 aromatic rings. The number of ketones is 1. The maximum absolute atomic E-state index is 10.5. The molecular formula is C6H6O4. The van der Waals surface area contributed by atoms with Gasteiger partial charge in [0.05, 0.1) is 0 Å². The molecule has 54 valence electrons. The van der Waals surface area contributed by atoms with Crippen molar-refractivity contribution in [2.45, 2.75) is 6.10 Å². The van der Waals surface area contributed by atoms with Crippen molar-refractivity contribution in [1.82, 2.24) is 0 Å². The smallest absolute Gasteiger partial charge is 0.191 e. The van der Waals surface area contributed by atoms with Crippen LogP contribution in [0.4, 0.5) is 0 Å². The lowest BCUT2D eigenvalue weighted by atomic mass is 10.1. The standard InChI is InChI=1S/C6H6O4/c7-3-1-4(8)6(10)2-5(3)9/h1-3,7-8,10H/t3-/m0/s1. The summed E-state index contributed by atoms with van der Waals surface area (Å²) in [6.07, 6.45) is 0.327. The fourth-order valence-corrected chi connectivity index (χ4v) is 0.611. The lowest BCUT2D eigenvalue weighted by Crippen LogP contribution is -2.20. The van der Waals surface area contributed by atoms with Crippen LogP contribution in [0.2, 0.25) is 0 Å². The molecule has 0 bridgehead atoms. The van der Waals surface area contributed by atoms with Gasteiger partial charge in [0.1, 0.15) is 6.10 Å². The lowest BCUT2D eigenvalue weighted by Gasteiger charge is -2.08. The molecule has 0 fully saturated rings. The number of aliphatic hydroxyl groups excluding tert-OH is 3. The van der Waals surface area contributed by atoms with Crippen LogP contribution >= 0.6 is 0 Å². The van der Waals surface area contributed by atoms with Gasteiger partial charge in [-0.15, -0.1) is 0 Å². The van der Waals surface area contributed by atoms with Crippen LogP contribution in [0.25, 0.3) is 0 Å². The molecule has 0 spiro atoms. The van der Waals surface area contributed by atoms with E-state index in [-0.39, 0.29) is 0 Å². The second-order valence-electron chi connectivity index (χ2n) is 1.93. The van der Waals surface area contributed by atoms with Crippen LogP contribution < -0.4 is 0 Å². The van der Waals surface area contributed by atoms with Gasteiger partial charge >= 0.3 is 0 Å². The first-order chi connectivity index (χ1) is 4.61. The fraction of sp³-hybridized carbons (Fsp3) is 0.167. The van der Waals surface area contributed by atoms with Crippen LogP contribution in [0.15, 0.2) is 23.7 Å². The van der Waals surface area contributed by atoms with E-state index in [1.165, 1.54) is 0 Å². The minimum absolute atomic E-state index is 0.466. The van der Waals surface area contributed by atoms with Gasteiger partial charge in [0.2, 0.25) is 0 Å². The Morgan fingerprint density at radius 2 is 1.90 bits per heavy atom. The van der Waals surface area contributed by atoms with E-state index in [2.05, 4.69) is 0 Å². The second-order valence-corrected chi connectivity index (χ2v) is 1.93.